The lowest BCUT2D eigenvalue weighted by molar-refractivity contribution is -0.159. The lowest BCUT2D eigenvalue weighted by Gasteiger charge is -2.36. The molecule has 10 heteroatoms. The molecule has 1 fully saturated rings. The molecule has 0 N–H and O–H groups in total. The SMILES string of the molecule is COc1cccc(N2CCN(C(=O)c3cccc(-c4noc(C(F)(F)F)n4)c3)CC2)c1. The van der Waals surface area contributed by atoms with Crippen LogP contribution in [0.15, 0.2) is 53.1 Å². The van der Waals surface area contributed by atoms with E-state index in [2.05, 4.69) is 19.6 Å². The minimum Gasteiger partial charge on any atom is -0.497 e. The molecule has 2 heterocycles. The van der Waals surface area contributed by atoms with Gasteiger partial charge in [-0.05, 0) is 24.3 Å². The van der Waals surface area contributed by atoms with Gasteiger partial charge in [-0.2, -0.15) is 18.2 Å². The Morgan fingerprint density at radius 2 is 1.81 bits per heavy atom. The van der Waals surface area contributed by atoms with Crippen LogP contribution >= 0.6 is 0 Å². The van der Waals surface area contributed by atoms with Gasteiger partial charge in [-0.25, -0.2) is 0 Å². The lowest BCUT2D eigenvalue weighted by Crippen LogP contribution is -2.48. The average molecular weight is 432 g/mol. The number of piperazine rings is 1. The van der Waals surface area contributed by atoms with Crippen molar-refractivity contribution in [2.24, 2.45) is 0 Å². The van der Waals surface area contributed by atoms with Gasteiger partial charge in [-0.1, -0.05) is 23.4 Å². The molecule has 31 heavy (non-hydrogen) atoms. The molecule has 1 saturated heterocycles. The van der Waals surface area contributed by atoms with E-state index < -0.39 is 12.1 Å². The Hall–Kier alpha value is -3.56. The third kappa shape index (κ3) is 4.47. The van der Waals surface area contributed by atoms with Crippen LogP contribution in [-0.4, -0.2) is 54.2 Å². The third-order valence-electron chi connectivity index (χ3n) is 5.02. The van der Waals surface area contributed by atoms with E-state index in [9.17, 15) is 18.0 Å². The van der Waals surface area contributed by atoms with E-state index in [0.29, 0.717) is 31.7 Å². The number of carbonyl (C=O) groups is 1. The number of ether oxygens (including phenoxy) is 1. The van der Waals surface area contributed by atoms with E-state index in [1.807, 2.05) is 24.3 Å². The summed E-state index contributed by atoms with van der Waals surface area (Å²) >= 11 is 0. The number of carbonyl (C=O) groups excluding carboxylic acids is 1. The first-order chi connectivity index (χ1) is 14.8. The maximum atomic E-state index is 12.9. The van der Waals surface area contributed by atoms with Crippen LogP contribution in [0.3, 0.4) is 0 Å². The summed E-state index contributed by atoms with van der Waals surface area (Å²) in [5.41, 5.74) is 1.65. The molecule has 1 aromatic heterocycles. The van der Waals surface area contributed by atoms with Crippen molar-refractivity contribution in [2.75, 3.05) is 38.2 Å². The van der Waals surface area contributed by atoms with Gasteiger partial charge in [0.2, 0.25) is 5.82 Å². The van der Waals surface area contributed by atoms with E-state index in [0.717, 1.165) is 11.4 Å². The van der Waals surface area contributed by atoms with Crippen LogP contribution in [0, 0.1) is 0 Å². The minimum atomic E-state index is -4.72. The van der Waals surface area contributed by atoms with Gasteiger partial charge < -0.3 is 19.1 Å². The number of amides is 1. The molecule has 3 aromatic rings. The second-order valence-electron chi connectivity index (χ2n) is 6.98. The Kier molecular flexibility index (Phi) is 5.53. The molecule has 4 rings (SSSR count). The van der Waals surface area contributed by atoms with Crippen LogP contribution in [0.2, 0.25) is 0 Å². The van der Waals surface area contributed by atoms with Gasteiger partial charge in [0, 0.05) is 49.1 Å². The first kappa shape index (κ1) is 20.7. The summed E-state index contributed by atoms with van der Waals surface area (Å²) in [6.45, 7) is 2.33. The first-order valence-electron chi connectivity index (χ1n) is 9.55. The van der Waals surface area contributed by atoms with E-state index in [4.69, 9.17) is 4.74 Å². The molecule has 0 atom stereocenters. The Balaban J connectivity index is 1.44. The molecule has 0 aliphatic carbocycles. The molecular weight excluding hydrogens is 413 g/mol. The van der Waals surface area contributed by atoms with Gasteiger partial charge in [-0.3, -0.25) is 4.79 Å². The zero-order valence-corrected chi connectivity index (χ0v) is 16.6. The summed E-state index contributed by atoms with van der Waals surface area (Å²) in [7, 11) is 1.61. The number of methoxy groups -OCH3 is 1. The van der Waals surface area contributed by atoms with Gasteiger partial charge in [0.1, 0.15) is 5.75 Å². The van der Waals surface area contributed by atoms with E-state index in [-0.39, 0.29) is 17.3 Å². The van der Waals surface area contributed by atoms with E-state index in [1.165, 1.54) is 12.1 Å². The quantitative estimate of drug-likeness (QED) is 0.626. The van der Waals surface area contributed by atoms with E-state index >= 15 is 0 Å². The van der Waals surface area contributed by atoms with Crippen molar-refractivity contribution in [3.05, 3.63) is 60.0 Å². The molecular formula is C21H19F3N4O3. The number of benzene rings is 2. The lowest BCUT2D eigenvalue weighted by atomic mass is 10.1. The summed E-state index contributed by atoms with van der Waals surface area (Å²) in [6, 6.07) is 13.9. The highest BCUT2D eigenvalue weighted by Crippen LogP contribution is 2.29. The predicted octanol–water partition coefficient (Wildman–Crippen LogP) is 3.73. The molecule has 0 saturated carbocycles. The number of hydrogen-bond donors (Lipinski definition) is 0. The molecule has 2 aromatic carbocycles. The minimum absolute atomic E-state index is 0.202. The number of anilines is 1. The smallest absolute Gasteiger partial charge is 0.471 e. The van der Waals surface area contributed by atoms with Crippen LogP contribution < -0.4 is 9.64 Å². The maximum Gasteiger partial charge on any atom is 0.471 e. The summed E-state index contributed by atoms with van der Waals surface area (Å²) in [5.74, 6) is -1.08. The van der Waals surface area contributed by atoms with Crippen LogP contribution in [0.4, 0.5) is 18.9 Å². The number of nitrogens with zero attached hydrogens (tertiary/aromatic N) is 4. The monoisotopic (exact) mass is 432 g/mol. The zero-order valence-electron chi connectivity index (χ0n) is 16.6. The standard InChI is InChI=1S/C21H19F3N4O3/c1-30-17-7-3-6-16(13-17)27-8-10-28(11-9-27)19(29)15-5-2-4-14(12-15)18-25-20(31-26-18)21(22,23)24/h2-7,12-13H,8-11H2,1H3. The largest absolute Gasteiger partial charge is 0.497 e. The van der Waals surface area contributed by atoms with Crippen LogP contribution in [0.5, 0.6) is 5.75 Å². The molecule has 1 aliphatic rings. The van der Waals surface area contributed by atoms with Gasteiger partial charge in [-0.15, -0.1) is 0 Å². The molecule has 7 nitrogen and oxygen atoms in total. The van der Waals surface area contributed by atoms with Crippen molar-refractivity contribution in [1.29, 1.82) is 0 Å². The summed E-state index contributed by atoms with van der Waals surface area (Å²) < 4.78 is 47.6. The summed E-state index contributed by atoms with van der Waals surface area (Å²) in [4.78, 5) is 20.2. The number of halogens is 3. The number of rotatable bonds is 4. The Labute approximate surface area is 176 Å². The highest BCUT2D eigenvalue weighted by Gasteiger charge is 2.38. The van der Waals surface area contributed by atoms with Gasteiger partial charge in [0.25, 0.3) is 5.91 Å². The summed E-state index contributed by atoms with van der Waals surface area (Å²) in [5, 5.41) is 3.38. The van der Waals surface area contributed by atoms with Crippen LogP contribution in [0.25, 0.3) is 11.4 Å². The first-order valence-corrected chi connectivity index (χ1v) is 9.55. The van der Waals surface area contributed by atoms with E-state index in [1.54, 1.807) is 24.1 Å². The van der Waals surface area contributed by atoms with Gasteiger partial charge in [0.15, 0.2) is 0 Å². The molecule has 0 spiro atoms. The molecule has 1 aliphatic heterocycles. The Morgan fingerprint density at radius 3 is 2.48 bits per heavy atom. The maximum absolute atomic E-state index is 12.9. The van der Waals surface area contributed by atoms with Crippen molar-refractivity contribution >= 4 is 11.6 Å². The zero-order chi connectivity index (χ0) is 22.0. The second-order valence-corrected chi connectivity index (χ2v) is 6.98. The van der Waals surface area contributed by atoms with Crippen LogP contribution in [-0.2, 0) is 6.18 Å². The topological polar surface area (TPSA) is 71.7 Å². The molecule has 1 amide bonds. The fourth-order valence-electron chi connectivity index (χ4n) is 3.40. The number of aromatic nitrogens is 2. The van der Waals surface area contributed by atoms with Crippen molar-refractivity contribution in [3.63, 3.8) is 0 Å². The average Bonchev–Trinajstić information content (AvgIpc) is 3.30. The highest BCUT2D eigenvalue weighted by molar-refractivity contribution is 5.95. The second kappa shape index (κ2) is 8.29. The normalized spacial score (nSPS) is 14.6. The van der Waals surface area contributed by atoms with Crippen LogP contribution in [0.1, 0.15) is 16.2 Å². The van der Waals surface area contributed by atoms with Crippen molar-refractivity contribution in [2.45, 2.75) is 6.18 Å². The Bertz CT molecular complexity index is 1080. The predicted molar refractivity (Wildman–Crippen MR) is 106 cm³/mol. The summed E-state index contributed by atoms with van der Waals surface area (Å²) in [6.07, 6.45) is -4.72. The third-order valence-corrected chi connectivity index (χ3v) is 5.02. The molecule has 162 valence electrons. The number of alkyl halides is 3. The van der Waals surface area contributed by atoms with Crippen molar-refractivity contribution < 1.29 is 27.2 Å². The molecule has 0 radical (unpaired) electrons. The Morgan fingerprint density at radius 1 is 1.06 bits per heavy atom. The fraction of sp³-hybridized carbons (Fsp3) is 0.286. The fourth-order valence-corrected chi connectivity index (χ4v) is 3.40. The van der Waals surface area contributed by atoms with Crippen molar-refractivity contribution in [3.8, 4) is 17.1 Å². The molecule has 0 unspecified atom stereocenters. The van der Waals surface area contributed by atoms with Gasteiger partial charge in [0.05, 0.1) is 7.11 Å². The molecule has 0 bridgehead atoms. The van der Waals surface area contributed by atoms with Gasteiger partial charge >= 0.3 is 12.1 Å². The number of hydrogen-bond acceptors (Lipinski definition) is 6. The highest BCUT2D eigenvalue weighted by atomic mass is 19.4. The van der Waals surface area contributed by atoms with Crippen molar-refractivity contribution in [1.82, 2.24) is 15.0 Å².